The lowest BCUT2D eigenvalue weighted by Gasteiger charge is -2.23. The number of aliphatic hydroxyl groups is 2. The Kier molecular flexibility index (Phi) is 13.2. The highest BCUT2D eigenvalue weighted by Gasteiger charge is 2.35. The van der Waals surface area contributed by atoms with Crippen LogP contribution in [0, 0.1) is 11.8 Å². The number of hydrogen-bond donors (Lipinski definition) is 2. The van der Waals surface area contributed by atoms with Crippen LogP contribution in [0.3, 0.4) is 0 Å². The van der Waals surface area contributed by atoms with Crippen LogP contribution < -0.4 is 0 Å². The zero-order valence-corrected chi connectivity index (χ0v) is 20.6. The molecule has 2 N–H and O–H groups in total. The van der Waals surface area contributed by atoms with Crippen LogP contribution in [0.4, 0.5) is 0 Å². The minimum absolute atomic E-state index is 0.0230. The van der Waals surface area contributed by atoms with E-state index >= 15 is 0 Å². The second-order valence-corrected chi connectivity index (χ2v) is 15.2. The average molecular weight is 437 g/mol. The normalized spacial score (nSPS) is 22.2. The molecule has 0 saturated carbocycles. The van der Waals surface area contributed by atoms with Crippen LogP contribution in [0.1, 0.15) is 58.3 Å². The van der Waals surface area contributed by atoms with Gasteiger partial charge in [0.15, 0.2) is 0 Å². The van der Waals surface area contributed by atoms with Gasteiger partial charge in [-0.1, -0.05) is 82.6 Å². The molecule has 1 aliphatic rings. The summed E-state index contributed by atoms with van der Waals surface area (Å²) in [5.74, 6) is -0.499. The van der Waals surface area contributed by atoms with Crippen molar-refractivity contribution in [3.05, 3.63) is 36.0 Å². The highest BCUT2D eigenvalue weighted by molar-refractivity contribution is 6.76. The second kappa shape index (κ2) is 14.8. The fraction of sp³-hybridized carbons (Fsp3) is 0.720. The third kappa shape index (κ3) is 10.7. The number of aliphatic hydroxyl groups excluding tert-OH is 2. The van der Waals surface area contributed by atoms with E-state index in [1.54, 1.807) is 0 Å². The Hall–Kier alpha value is -1.17. The molecule has 0 aromatic heterocycles. The van der Waals surface area contributed by atoms with Crippen LogP contribution in [0.15, 0.2) is 36.0 Å². The van der Waals surface area contributed by atoms with Crippen molar-refractivity contribution in [1.82, 2.24) is 0 Å². The maximum atomic E-state index is 12.9. The number of hydrogen-bond acceptors (Lipinski definition) is 4. The molecule has 1 rings (SSSR count). The maximum Gasteiger partial charge on any atom is 0.334 e. The number of rotatable bonds is 15. The first-order chi connectivity index (χ1) is 14.3. The summed E-state index contributed by atoms with van der Waals surface area (Å²) in [7, 11) is -1.27. The van der Waals surface area contributed by atoms with Crippen molar-refractivity contribution in [2.75, 3.05) is 13.2 Å². The number of ether oxygens (including phenoxy) is 1. The molecule has 0 bridgehead atoms. The zero-order valence-electron chi connectivity index (χ0n) is 19.6. The van der Waals surface area contributed by atoms with Gasteiger partial charge in [0.1, 0.15) is 0 Å². The van der Waals surface area contributed by atoms with Crippen molar-refractivity contribution in [2.24, 2.45) is 11.8 Å². The molecule has 0 heterocycles. The van der Waals surface area contributed by atoms with Crippen LogP contribution in [0.5, 0.6) is 0 Å². The summed E-state index contributed by atoms with van der Waals surface area (Å²) < 4.78 is 5.64. The fourth-order valence-electron chi connectivity index (χ4n) is 3.62. The van der Waals surface area contributed by atoms with Crippen molar-refractivity contribution in [2.45, 2.75) is 90.1 Å². The van der Waals surface area contributed by atoms with E-state index in [2.05, 4.69) is 38.7 Å². The summed E-state index contributed by atoms with van der Waals surface area (Å²) >= 11 is 0. The first kappa shape index (κ1) is 26.9. The van der Waals surface area contributed by atoms with Crippen LogP contribution in [-0.4, -0.2) is 43.6 Å². The predicted molar refractivity (Wildman–Crippen MR) is 128 cm³/mol. The lowest BCUT2D eigenvalue weighted by atomic mass is 9.85. The van der Waals surface area contributed by atoms with Gasteiger partial charge >= 0.3 is 5.97 Å². The third-order valence-corrected chi connectivity index (χ3v) is 7.26. The second-order valence-electron chi connectivity index (χ2n) is 9.58. The SMILES string of the molecule is CCCCC=C(C(=O)OCC[Si](C)(C)C)C1[C@H](C=CCCCCCCO)C=C[C@H]1O. The fourth-order valence-corrected chi connectivity index (χ4v) is 4.33. The van der Waals surface area contributed by atoms with Crippen molar-refractivity contribution >= 4 is 14.0 Å². The van der Waals surface area contributed by atoms with Gasteiger partial charge in [-0.2, -0.15) is 0 Å². The van der Waals surface area contributed by atoms with E-state index in [0.717, 1.165) is 57.4 Å². The largest absolute Gasteiger partial charge is 0.463 e. The monoisotopic (exact) mass is 436 g/mol. The van der Waals surface area contributed by atoms with Crippen LogP contribution in [0.2, 0.25) is 25.7 Å². The molecule has 0 aromatic carbocycles. The summed E-state index contributed by atoms with van der Waals surface area (Å²) in [6, 6.07) is 0.950. The minimum Gasteiger partial charge on any atom is -0.463 e. The molecule has 1 unspecified atom stereocenters. The molecule has 0 aromatic rings. The van der Waals surface area contributed by atoms with E-state index in [1.165, 1.54) is 0 Å². The van der Waals surface area contributed by atoms with Crippen LogP contribution in [0.25, 0.3) is 0 Å². The summed E-state index contributed by atoms with van der Waals surface area (Å²) in [6.07, 6.45) is 17.5. The van der Waals surface area contributed by atoms with Gasteiger partial charge < -0.3 is 14.9 Å². The molecule has 3 atom stereocenters. The van der Waals surface area contributed by atoms with Crippen LogP contribution in [-0.2, 0) is 9.53 Å². The van der Waals surface area contributed by atoms with E-state index < -0.39 is 14.2 Å². The number of unbranched alkanes of at least 4 members (excludes halogenated alkanes) is 6. The molecule has 0 aliphatic heterocycles. The highest BCUT2D eigenvalue weighted by Crippen LogP contribution is 2.34. The van der Waals surface area contributed by atoms with Crippen molar-refractivity contribution < 1.29 is 19.7 Å². The molecule has 0 fully saturated rings. The highest BCUT2D eigenvalue weighted by atomic mass is 28.3. The number of allylic oxidation sites excluding steroid dienone is 4. The standard InChI is InChI=1S/C25H44O4Si/c1-5-6-11-15-22(25(28)29-19-20-30(2,3)4)24-21(16-17-23(24)27)14-12-9-7-8-10-13-18-26/h12,14-17,21,23-24,26-27H,5-11,13,18-20H2,1-4H3/t21-,23-,24?/m1/s1. The van der Waals surface area contributed by atoms with Gasteiger partial charge in [-0.05, 0) is 31.7 Å². The topological polar surface area (TPSA) is 66.8 Å². The van der Waals surface area contributed by atoms with E-state index in [4.69, 9.17) is 9.84 Å². The molecule has 0 spiro atoms. The molecular formula is C25H44O4Si. The summed E-state index contributed by atoms with van der Waals surface area (Å²) in [4.78, 5) is 12.9. The first-order valence-corrected chi connectivity index (χ1v) is 15.5. The average Bonchev–Trinajstić information content (AvgIpc) is 3.03. The van der Waals surface area contributed by atoms with E-state index in [0.29, 0.717) is 12.2 Å². The Morgan fingerprint density at radius 3 is 2.47 bits per heavy atom. The quantitative estimate of drug-likeness (QED) is 0.114. The van der Waals surface area contributed by atoms with E-state index in [9.17, 15) is 9.90 Å². The van der Waals surface area contributed by atoms with Gasteiger partial charge in [-0.15, -0.1) is 0 Å². The summed E-state index contributed by atoms with van der Waals surface area (Å²) in [5, 5.41) is 19.5. The van der Waals surface area contributed by atoms with Gasteiger partial charge in [0.2, 0.25) is 0 Å². The van der Waals surface area contributed by atoms with Gasteiger partial charge in [0.25, 0.3) is 0 Å². The Morgan fingerprint density at radius 1 is 1.07 bits per heavy atom. The zero-order chi connectivity index (χ0) is 22.4. The molecule has 172 valence electrons. The Labute approximate surface area is 185 Å². The minimum atomic E-state index is -1.27. The number of carbonyl (C=O) groups is 1. The number of carbonyl (C=O) groups excluding carboxylic acids is 1. The van der Waals surface area contributed by atoms with E-state index in [-0.39, 0.29) is 24.4 Å². The van der Waals surface area contributed by atoms with Gasteiger partial charge in [0, 0.05) is 32.1 Å². The predicted octanol–water partition coefficient (Wildman–Crippen LogP) is 5.65. The summed E-state index contributed by atoms with van der Waals surface area (Å²) in [5.41, 5.74) is 0.633. The maximum absolute atomic E-state index is 12.9. The molecule has 0 saturated heterocycles. The molecular weight excluding hydrogens is 392 g/mol. The van der Waals surface area contributed by atoms with Gasteiger partial charge in [-0.3, -0.25) is 0 Å². The van der Waals surface area contributed by atoms with Crippen molar-refractivity contribution in [3.63, 3.8) is 0 Å². The smallest absolute Gasteiger partial charge is 0.334 e. The number of esters is 1. The Morgan fingerprint density at radius 2 is 1.80 bits per heavy atom. The molecule has 5 heteroatoms. The summed E-state index contributed by atoms with van der Waals surface area (Å²) in [6.45, 7) is 9.68. The van der Waals surface area contributed by atoms with Gasteiger partial charge in [0.05, 0.1) is 12.7 Å². The molecule has 1 aliphatic carbocycles. The Balaban J connectivity index is 2.76. The Bertz CT molecular complexity index is 574. The molecule has 0 amide bonds. The van der Waals surface area contributed by atoms with Crippen LogP contribution >= 0.6 is 0 Å². The molecule has 30 heavy (non-hydrogen) atoms. The van der Waals surface area contributed by atoms with Crippen molar-refractivity contribution in [3.8, 4) is 0 Å². The lowest BCUT2D eigenvalue weighted by Crippen LogP contribution is -2.28. The molecule has 4 nitrogen and oxygen atoms in total. The van der Waals surface area contributed by atoms with Gasteiger partial charge in [-0.25, -0.2) is 4.79 Å². The lowest BCUT2D eigenvalue weighted by molar-refractivity contribution is -0.139. The first-order valence-electron chi connectivity index (χ1n) is 11.8. The third-order valence-electron chi connectivity index (χ3n) is 5.55. The van der Waals surface area contributed by atoms with E-state index in [1.807, 2.05) is 18.2 Å². The molecule has 0 radical (unpaired) electrons. The van der Waals surface area contributed by atoms with Crippen molar-refractivity contribution in [1.29, 1.82) is 0 Å².